The zero-order valence-electron chi connectivity index (χ0n) is 13.2. The van der Waals surface area contributed by atoms with E-state index >= 15 is 0 Å². The molecule has 1 saturated heterocycles. The molecule has 8 heteroatoms. The number of nitrogens with zero attached hydrogens (tertiary/aromatic N) is 3. The average molecular weight is 336 g/mol. The Morgan fingerprint density at radius 3 is 2.91 bits per heavy atom. The van der Waals surface area contributed by atoms with Crippen LogP contribution in [-0.4, -0.2) is 58.6 Å². The molecule has 7 nitrogen and oxygen atoms in total. The number of hydrogen-bond acceptors (Lipinski definition) is 6. The number of fused-ring (bicyclic) bond motifs is 1. The molecule has 1 N–H and O–H groups in total. The highest BCUT2D eigenvalue weighted by Crippen LogP contribution is 2.09. The lowest BCUT2D eigenvalue weighted by molar-refractivity contribution is -0.0672. The maximum Gasteiger partial charge on any atom is 0.271 e. The summed E-state index contributed by atoms with van der Waals surface area (Å²) in [5, 5.41) is 4.57. The summed E-state index contributed by atoms with van der Waals surface area (Å²) in [5.41, 5.74) is -0.257. The van der Waals surface area contributed by atoms with Gasteiger partial charge in [0.15, 0.2) is 4.96 Å². The molecule has 3 heterocycles. The summed E-state index contributed by atoms with van der Waals surface area (Å²) in [4.78, 5) is 31.4. The second-order valence-corrected chi connectivity index (χ2v) is 6.68. The van der Waals surface area contributed by atoms with E-state index in [2.05, 4.69) is 15.2 Å². The number of aromatic nitrogens is 2. The van der Waals surface area contributed by atoms with Gasteiger partial charge >= 0.3 is 0 Å². The Balaban J connectivity index is 1.58. The summed E-state index contributed by atoms with van der Waals surface area (Å²) in [5.74, 6) is -0.377. The van der Waals surface area contributed by atoms with Gasteiger partial charge < -0.3 is 10.1 Å². The van der Waals surface area contributed by atoms with E-state index in [1.807, 2.05) is 13.8 Å². The van der Waals surface area contributed by atoms with Crippen LogP contribution in [0, 0.1) is 0 Å². The van der Waals surface area contributed by atoms with Crippen molar-refractivity contribution in [1.29, 1.82) is 0 Å². The van der Waals surface area contributed by atoms with Crippen LogP contribution in [0.25, 0.3) is 4.96 Å². The fraction of sp³-hybridized carbons (Fsp3) is 0.533. The first kappa shape index (κ1) is 16.1. The molecule has 2 atom stereocenters. The smallest absolute Gasteiger partial charge is 0.271 e. The SMILES string of the molecule is C[C@@H]1CN(CCNC(=O)c2cnc3sccn3c2=O)C[C@H](C)O1. The molecule has 0 saturated carbocycles. The molecule has 1 fully saturated rings. The van der Waals surface area contributed by atoms with Gasteiger partial charge in [0.05, 0.1) is 12.2 Å². The van der Waals surface area contributed by atoms with Crippen molar-refractivity contribution in [2.24, 2.45) is 0 Å². The van der Waals surface area contributed by atoms with Gasteiger partial charge in [0.2, 0.25) is 0 Å². The Bertz CT molecular complexity index is 747. The summed E-state index contributed by atoms with van der Waals surface area (Å²) in [6, 6.07) is 0. The highest BCUT2D eigenvalue weighted by molar-refractivity contribution is 7.15. The Morgan fingerprint density at radius 2 is 2.17 bits per heavy atom. The van der Waals surface area contributed by atoms with Gasteiger partial charge in [-0.3, -0.25) is 18.9 Å². The molecule has 2 aromatic rings. The number of carbonyl (C=O) groups excluding carboxylic acids is 1. The van der Waals surface area contributed by atoms with E-state index in [0.717, 1.165) is 19.6 Å². The lowest BCUT2D eigenvalue weighted by Gasteiger charge is -2.35. The number of rotatable bonds is 4. The van der Waals surface area contributed by atoms with Crippen molar-refractivity contribution >= 4 is 22.2 Å². The summed E-state index contributed by atoms with van der Waals surface area (Å²) >= 11 is 1.36. The minimum atomic E-state index is -0.377. The van der Waals surface area contributed by atoms with E-state index < -0.39 is 0 Å². The number of hydrogen-bond donors (Lipinski definition) is 1. The van der Waals surface area contributed by atoms with Crippen LogP contribution in [0.2, 0.25) is 0 Å². The largest absolute Gasteiger partial charge is 0.373 e. The van der Waals surface area contributed by atoms with Crippen LogP contribution in [0.3, 0.4) is 0 Å². The van der Waals surface area contributed by atoms with E-state index in [4.69, 9.17) is 4.74 Å². The average Bonchev–Trinajstić information content (AvgIpc) is 2.96. The van der Waals surface area contributed by atoms with Crippen molar-refractivity contribution < 1.29 is 9.53 Å². The van der Waals surface area contributed by atoms with Crippen LogP contribution in [0.1, 0.15) is 24.2 Å². The molecule has 0 bridgehead atoms. The Kier molecular flexibility index (Phi) is 4.74. The van der Waals surface area contributed by atoms with E-state index in [9.17, 15) is 9.59 Å². The molecule has 2 aromatic heterocycles. The van der Waals surface area contributed by atoms with Crippen molar-refractivity contribution in [3.63, 3.8) is 0 Å². The van der Waals surface area contributed by atoms with Gasteiger partial charge in [-0.25, -0.2) is 4.98 Å². The molecular formula is C15H20N4O3S. The van der Waals surface area contributed by atoms with Gasteiger partial charge in [-0.05, 0) is 13.8 Å². The standard InChI is InChI=1S/C15H20N4O3S/c1-10-8-18(9-11(2)22-10)4-3-16-13(20)12-7-17-15-19(14(12)21)5-6-23-15/h5-7,10-11H,3-4,8-9H2,1-2H3,(H,16,20)/t10-,11+. The van der Waals surface area contributed by atoms with Crippen LogP contribution < -0.4 is 10.9 Å². The van der Waals surface area contributed by atoms with Crippen molar-refractivity contribution in [2.75, 3.05) is 26.2 Å². The zero-order valence-corrected chi connectivity index (χ0v) is 14.0. The van der Waals surface area contributed by atoms with E-state index in [0.29, 0.717) is 11.5 Å². The quantitative estimate of drug-likeness (QED) is 0.885. The molecule has 0 unspecified atom stereocenters. The number of nitrogens with one attached hydrogen (secondary N) is 1. The molecule has 0 spiro atoms. The predicted octanol–water partition coefficient (Wildman–Crippen LogP) is 0.595. The number of thiazole rings is 1. The maximum atomic E-state index is 12.2. The van der Waals surface area contributed by atoms with Crippen molar-refractivity contribution in [2.45, 2.75) is 26.1 Å². The molecule has 3 rings (SSSR count). The van der Waals surface area contributed by atoms with E-state index in [-0.39, 0.29) is 29.2 Å². The minimum absolute atomic E-state index is 0.0737. The Labute approximate surface area is 137 Å². The third-order valence-electron chi connectivity index (χ3n) is 3.80. The Hall–Kier alpha value is -1.77. The third-order valence-corrected chi connectivity index (χ3v) is 4.57. The molecular weight excluding hydrogens is 316 g/mol. The number of ether oxygens (including phenoxy) is 1. The molecule has 124 valence electrons. The van der Waals surface area contributed by atoms with Gasteiger partial charge in [0.25, 0.3) is 11.5 Å². The van der Waals surface area contributed by atoms with Gasteiger partial charge in [-0.1, -0.05) is 0 Å². The number of carbonyl (C=O) groups is 1. The van der Waals surface area contributed by atoms with Crippen LogP contribution in [0.4, 0.5) is 0 Å². The summed E-state index contributed by atoms with van der Waals surface area (Å²) < 4.78 is 7.08. The van der Waals surface area contributed by atoms with Gasteiger partial charge in [-0.15, -0.1) is 11.3 Å². The van der Waals surface area contributed by atoms with Gasteiger partial charge in [0, 0.05) is 44.0 Å². The van der Waals surface area contributed by atoms with Gasteiger partial charge in [-0.2, -0.15) is 0 Å². The number of amides is 1. The fourth-order valence-electron chi connectivity index (χ4n) is 2.87. The summed E-state index contributed by atoms with van der Waals surface area (Å²) in [6.45, 7) is 7.02. The fourth-order valence-corrected chi connectivity index (χ4v) is 3.55. The van der Waals surface area contributed by atoms with Crippen molar-refractivity contribution in [1.82, 2.24) is 19.6 Å². The van der Waals surface area contributed by atoms with E-state index in [1.165, 1.54) is 21.9 Å². The highest BCUT2D eigenvalue weighted by atomic mass is 32.1. The zero-order chi connectivity index (χ0) is 16.4. The summed E-state index contributed by atoms with van der Waals surface area (Å²) in [6.07, 6.45) is 3.37. The third kappa shape index (κ3) is 3.60. The summed E-state index contributed by atoms with van der Waals surface area (Å²) in [7, 11) is 0. The minimum Gasteiger partial charge on any atom is -0.373 e. The van der Waals surface area contributed by atoms with Crippen molar-refractivity contribution in [3.05, 3.63) is 33.7 Å². The maximum absolute atomic E-state index is 12.2. The number of morpholine rings is 1. The van der Waals surface area contributed by atoms with E-state index in [1.54, 1.807) is 11.6 Å². The predicted molar refractivity (Wildman–Crippen MR) is 88.1 cm³/mol. The molecule has 1 amide bonds. The second-order valence-electron chi connectivity index (χ2n) is 5.81. The molecule has 0 aromatic carbocycles. The lowest BCUT2D eigenvalue weighted by Crippen LogP contribution is -2.48. The molecule has 0 radical (unpaired) electrons. The second kappa shape index (κ2) is 6.77. The van der Waals surface area contributed by atoms with Crippen LogP contribution >= 0.6 is 11.3 Å². The Morgan fingerprint density at radius 1 is 1.43 bits per heavy atom. The van der Waals surface area contributed by atoms with Crippen LogP contribution in [0.5, 0.6) is 0 Å². The molecule has 0 aliphatic carbocycles. The molecule has 1 aliphatic rings. The highest BCUT2D eigenvalue weighted by Gasteiger charge is 2.22. The van der Waals surface area contributed by atoms with Crippen LogP contribution in [0.15, 0.2) is 22.6 Å². The lowest BCUT2D eigenvalue weighted by atomic mass is 10.2. The normalized spacial score (nSPS) is 22.3. The first-order valence-electron chi connectivity index (χ1n) is 7.65. The first-order chi connectivity index (χ1) is 11.0. The van der Waals surface area contributed by atoms with Gasteiger partial charge in [0.1, 0.15) is 5.56 Å². The molecule has 1 aliphatic heterocycles. The molecule has 23 heavy (non-hydrogen) atoms. The first-order valence-corrected chi connectivity index (χ1v) is 8.53. The monoisotopic (exact) mass is 336 g/mol. The van der Waals surface area contributed by atoms with Crippen molar-refractivity contribution in [3.8, 4) is 0 Å². The van der Waals surface area contributed by atoms with Crippen LogP contribution in [-0.2, 0) is 4.74 Å². The topological polar surface area (TPSA) is 75.9 Å².